The van der Waals surface area contributed by atoms with Crippen molar-refractivity contribution in [3.8, 4) is 16.2 Å². The van der Waals surface area contributed by atoms with Crippen molar-refractivity contribution in [3.63, 3.8) is 0 Å². The summed E-state index contributed by atoms with van der Waals surface area (Å²) < 4.78 is 5.15. The van der Waals surface area contributed by atoms with E-state index in [9.17, 15) is 14.7 Å². The Bertz CT molecular complexity index is 992. The molecule has 0 saturated carbocycles. The molecule has 5 nitrogen and oxygen atoms in total. The molecule has 1 amide bonds. The van der Waals surface area contributed by atoms with Gasteiger partial charge in [0.05, 0.1) is 12.7 Å². The van der Waals surface area contributed by atoms with E-state index >= 15 is 0 Å². The largest absolute Gasteiger partial charge is 0.497 e. The molecule has 0 fully saturated rings. The molecule has 0 spiro atoms. The zero-order valence-corrected chi connectivity index (χ0v) is 15.3. The van der Waals surface area contributed by atoms with Crippen LogP contribution in [0.2, 0.25) is 0 Å². The summed E-state index contributed by atoms with van der Waals surface area (Å²) in [4.78, 5) is 24.5. The Labute approximate surface area is 160 Å². The second-order valence-corrected chi connectivity index (χ2v) is 6.68. The van der Waals surface area contributed by atoms with E-state index in [1.165, 1.54) is 17.4 Å². The lowest BCUT2D eigenvalue weighted by Gasteiger charge is -2.01. The molecule has 3 rings (SSSR count). The maximum atomic E-state index is 12.2. The Kier molecular flexibility index (Phi) is 5.68. The number of amides is 1. The smallest absolute Gasteiger partial charge is 0.338 e. The minimum Gasteiger partial charge on any atom is -0.497 e. The van der Waals surface area contributed by atoms with Crippen LogP contribution in [0.25, 0.3) is 16.5 Å². The quantitative estimate of drug-likeness (QED) is 0.605. The van der Waals surface area contributed by atoms with Crippen LogP contribution in [0.4, 0.5) is 5.00 Å². The predicted octanol–water partition coefficient (Wildman–Crippen LogP) is 4.77. The van der Waals surface area contributed by atoms with Gasteiger partial charge in [-0.2, -0.15) is 0 Å². The Morgan fingerprint density at radius 3 is 2.56 bits per heavy atom. The molecule has 3 aromatic rings. The Hall–Kier alpha value is -3.38. The summed E-state index contributed by atoms with van der Waals surface area (Å²) in [5, 5.41) is 12.4. The third-order valence-corrected chi connectivity index (χ3v) is 4.88. The van der Waals surface area contributed by atoms with Crippen molar-refractivity contribution < 1.29 is 19.4 Å². The second kappa shape index (κ2) is 8.33. The average molecular weight is 379 g/mol. The third-order valence-electron chi connectivity index (χ3n) is 3.78. The summed E-state index contributed by atoms with van der Waals surface area (Å²) in [6.07, 6.45) is 3.01. The summed E-state index contributed by atoms with van der Waals surface area (Å²) in [6.45, 7) is 0. The molecule has 6 heteroatoms. The van der Waals surface area contributed by atoms with Crippen molar-refractivity contribution in [1.29, 1.82) is 0 Å². The third kappa shape index (κ3) is 4.62. The average Bonchev–Trinajstić information content (AvgIpc) is 3.11. The minimum absolute atomic E-state index is 0.0713. The number of carbonyl (C=O) groups is 2. The number of methoxy groups -OCH3 is 1. The number of rotatable bonds is 6. The normalized spacial score (nSPS) is 10.7. The van der Waals surface area contributed by atoms with E-state index in [-0.39, 0.29) is 5.56 Å². The van der Waals surface area contributed by atoms with Crippen LogP contribution in [0.1, 0.15) is 15.9 Å². The molecule has 0 aliphatic carbocycles. The van der Waals surface area contributed by atoms with E-state index in [4.69, 9.17) is 4.74 Å². The second-order valence-electron chi connectivity index (χ2n) is 5.62. The summed E-state index contributed by atoms with van der Waals surface area (Å²) >= 11 is 1.23. The molecular formula is C21H17NO4S. The van der Waals surface area contributed by atoms with Crippen LogP contribution in [0.5, 0.6) is 5.75 Å². The highest BCUT2D eigenvalue weighted by molar-refractivity contribution is 7.20. The van der Waals surface area contributed by atoms with Crippen LogP contribution < -0.4 is 10.1 Å². The van der Waals surface area contributed by atoms with Gasteiger partial charge in [-0.3, -0.25) is 4.79 Å². The van der Waals surface area contributed by atoms with Crippen LogP contribution in [0.15, 0.2) is 66.7 Å². The topological polar surface area (TPSA) is 75.6 Å². The number of hydrogen-bond acceptors (Lipinski definition) is 4. The van der Waals surface area contributed by atoms with Gasteiger partial charge in [0.25, 0.3) is 0 Å². The number of ether oxygens (including phenoxy) is 1. The molecule has 2 aromatic carbocycles. The molecule has 136 valence electrons. The predicted molar refractivity (Wildman–Crippen MR) is 107 cm³/mol. The Morgan fingerprint density at radius 2 is 1.85 bits per heavy atom. The van der Waals surface area contributed by atoms with E-state index in [1.54, 1.807) is 25.3 Å². The number of aromatic carboxylic acids is 1. The van der Waals surface area contributed by atoms with Crippen molar-refractivity contribution in [3.05, 3.63) is 77.9 Å². The van der Waals surface area contributed by atoms with E-state index in [0.29, 0.717) is 10.8 Å². The maximum Gasteiger partial charge on any atom is 0.338 e. The van der Waals surface area contributed by atoms with Gasteiger partial charge in [0, 0.05) is 11.0 Å². The molecule has 0 aliphatic heterocycles. The number of anilines is 1. The van der Waals surface area contributed by atoms with E-state index in [1.807, 2.05) is 48.5 Å². The zero-order chi connectivity index (χ0) is 19.2. The van der Waals surface area contributed by atoms with Gasteiger partial charge in [-0.1, -0.05) is 42.5 Å². The SMILES string of the molecule is COc1cccc(/C=C/C(=O)Nc2sc(-c3ccccc3)cc2C(=O)O)c1. The fourth-order valence-corrected chi connectivity index (χ4v) is 3.52. The van der Waals surface area contributed by atoms with Gasteiger partial charge in [-0.25, -0.2) is 4.79 Å². The highest BCUT2D eigenvalue weighted by atomic mass is 32.1. The molecule has 0 saturated heterocycles. The number of thiophene rings is 1. The van der Waals surface area contributed by atoms with Gasteiger partial charge >= 0.3 is 5.97 Å². The van der Waals surface area contributed by atoms with Crippen LogP contribution in [0, 0.1) is 0 Å². The summed E-state index contributed by atoms with van der Waals surface area (Å²) in [5.74, 6) is -0.793. The van der Waals surface area contributed by atoms with Gasteiger partial charge in [0.2, 0.25) is 5.91 Å². The number of nitrogens with one attached hydrogen (secondary N) is 1. The zero-order valence-electron chi connectivity index (χ0n) is 14.5. The van der Waals surface area contributed by atoms with Crippen molar-refractivity contribution in [2.75, 3.05) is 12.4 Å². The molecule has 27 heavy (non-hydrogen) atoms. The molecule has 1 heterocycles. The fraction of sp³-hybridized carbons (Fsp3) is 0.0476. The van der Waals surface area contributed by atoms with Crippen LogP contribution in [0.3, 0.4) is 0 Å². The van der Waals surface area contributed by atoms with Crippen LogP contribution in [-0.4, -0.2) is 24.1 Å². The molecule has 0 radical (unpaired) electrons. The summed E-state index contributed by atoms with van der Waals surface area (Å²) in [6, 6.07) is 18.3. The number of carboxylic acids is 1. The lowest BCUT2D eigenvalue weighted by Crippen LogP contribution is -2.09. The number of carboxylic acid groups (broad SMARTS) is 1. The molecule has 0 bridgehead atoms. The van der Waals surface area contributed by atoms with Crippen LogP contribution >= 0.6 is 11.3 Å². The first-order valence-electron chi connectivity index (χ1n) is 8.12. The highest BCUT2D eigenvalue weighted by Crippen LogP contribution is 2.35. The number of benzene rings is 2. The Morgan fingerprint density at radius 1 is 1.07 bits per heavy atom. The molecule has 1 aromatic heterocycles. The molecule has 0 atom stereocenters. The Balaban J connectivity index is 1.79. The molecular weight excluding hydrogens is 362 g/mol. The molecule has 2 N–H and O–H groups in total. The maximum absolute atomic E-state index is 12.2. The van der Waals surface area contributed by atoms with Gasteiger partial charge < -0.3 is 15.2 Å². The van der Waals surface area contributed by atoms with Crippen LogP contribution in [-0.2, 0) is 4.79 Å². The van der Waals surface area contributed by atoms with E-state index < -0.39 is 11.9 Å². The first-order valence-corrected chi connectivity index (χ1v) is 8.94. The van der Waals surface area contributed by atoms with Gasteiger partial charge in [-0.15, -0.1) is 11.3 Å². The lowest BCUT2D eigenvalue weighted by molar-refractivity contribution is -0.111. The summed E-state index contributed by atoms with van der Waals surface area (Å²) in [7, 11) is 1.57. The monoisotopic (exact) mass is 379 g/mol. The van der Waals surface area contributed by atoms with E-state index in [2.05, 4.69) is 5.32 Å². The minimum atomic E-state index is -1.08. The van der Waals surface area contributed by atoms with Crippen molar-refractivity contribution in [2.45, 2.75) is 0 Å². The van der Waals surface area contributed by atoms with Gasteiger partial charge in [-0.05, 0) is 35.4 Å². The molecule has 0 unspecified atom stereocenters. The van der Waals surface area contributed by atoms with Crippen molar-refractivity contribution in [2.24, 2.45) is 0 Å². The standard InChI is InChI=1S/C21H17NO4S/c1-26-16-9-5-6-14(12-16)10-11-19(23)22-20-17(21(24)25)13-18(27-20)15-7-3-2-4-8-15/h2-13H,1H3,(H,22,23)(H,24,25)/b11-10+. The van der Waals surface area contributed by atoms with Gasteiger partial charge in [0.15, 0.2) is 0 Å². The molecule has 0 aliphatic rings. The number of hydrogen-bond donors (Lipinski definition) is 2. The highest BCUT2D eigenvalue weighted by Gasteiger charge is 2.17. The van der Waals surface area contributed by atoms with Crippen molar-refractivity contribution >= 4 is 34.3 Å². The van der Waals surface area contributed by atoms with Gasteiger partial charge in [0.1, 0.15) is 10.8 Å². The van der Waals surface area contributed by atoms with E-state index in [0.717, 1.165) is 16.0 Å². The first kappa shape index (κ1) is 18.4. The first-order chi connectivity index (χ1) is 13.1. The van der Waals surface area contributed by atoms with Crippen molar-refractivity contribution in [1.82, 2.24) is 0 Å². The fourth-order valence-electron chi connectivity index (χ4n) is 2.46. The number of carbonyl (C=O) groups excluding carboxylic acids is 1. The lowest BCUT2D eigenvalue weighted by atomic mass is 10.1. The summed E-state index contributed by atoms with van der Waals surface area (Å²) in [5.41, 5.74) is 1.78.